The summed E-state index contributed by atoms with van der Waals surface area (Å²) < 4.78 is 28.0. The zero-order valence-corrected chi connectivity index (χ0v) is 18.7. The number of aryl methyl sites for hydroxylation is 1. The molecule has 2 heterocycles. The second-order valence-electron chi connectivity index (χ2n) is 7.43. The van der Waals surface area contributed by atoms with Crippen molar-refractivity contribution in [2.24, 2.45) is 5.14 Å². The van der Waals surface area contributed by atoms with Crippen LogP contribution < -0.4 is 21.4 Å². The van der Waals surface area contributed by atoms with Crippen LogP contribution in [0.3, 0.4) is 0 Å². The van der Waals surface area contributed by atoms with Crippen LogP contribution in [0.2, 0.25) is 0 Å². The second kappa shape index (κ2) is 11.0. The van der Waals surface area contributed by atoms with Crippen molar-refractivity contribution in [1.82, 2.24) is 10.6 Å². The first-order valence-corrected chi connectivity index (χ1v) is 11.5. The van der Waals surface area contributed by atoms with Gasteiger partial charge in [-0.2, -0.15) is 0 Å². The molecule has 1 aromatic heterocycles. The van der Waals surface area contributed by atoms with Gasteiger partial charge in [0.2, 0.25) is 10.0 Å². The van der Waals surface area contributed by atoms with Crippen LogP contribution in [0.25, 0.3) is 0 Å². The zero-order valence-electron chi connectivity index (χ0n) is 17.9. The summed E-state index contributed by atoms with van der Waals surface area (Å²) >= 11 is 0. The van der Waals surface area contributed by atoms with E-state index in [1.54, 1.807) is 25.1 Å². The molecule has 0 saturated carbocycles. The molecular formula is C21H27N3O7S. The van der Waals surface area contributed by atoms with Gasteiger partial charge in [-0.1, -0.05) is 12.1 Å². The number of primary sulfonamides is 1. The molecule has 0 bridgehead atoms. The Hall–Kier alpha value is -3.02. The highest BCUT2D eigenvalue weighted by atomic mass is 32.2. The minimum absolute atomic E-state index is 0.00754. The molecule has 1 unspecified atom stereocenters. The van der Waals surface area contributed by atoms with Gasteiger partial charge >= 0.3 is 5.63 Å². The molecule has 11 heteroatoms. The maximum absolute atomic E-state index is 12.5. The van der Waals surface area contributed by atoms with Crippen molar-refractivity contribution in [3.05, 3.63) is 63.2 Å². The Balaban J connectivity index is 0.000000837. The number of carboxylic acid groups (broad SMARTS) is 1. The molecule has 1 atom stereocenters. The van der Waals surface area contributed by atoms with Gasteiger partial charge in [0, 0.05) is 25.9 Å². The van der Waals surface area contributed by atoms with Crippen LogP contribution in [-0.4, -0.2) is 38.5 Å². The maximum atomic E-state index is 12.5. The van der Waals surface area contributed by atoms with Gasteiger partial charge in [-0.15, -0.1) is 0 Å². The number of hydrogen-bond donors (Lipinski definition) is 4. The van der Waals surface area contributed by atoms with Gasteiger partial charge in [-0.25, -0.2) is 18.4 Å². The lowest BCUT2D eigenvalue weighted by atomic mass is 9.95. The van der Waals surface area contributed by atoms with Crippen LogP contribution in [0.4, 0.5) is 0 Å². The molecule has 174 valence electrons. The first-order chi connectivity index (χ1) is 15.0. The molecule has 32 heavy (non-hydrogen) atoms. The van der Waals surface area contributed by atoms with Crippen molar-refractivity contribution >= 4 is 21.9 Å². The zero-order chi connectivity index (χ0) is 23.9. The third-order valence-electron chi connectivity index (χ3n) is 4.80. The number of nitrogens with two attached hydrogens (primary N) is 1. The first-order valence-electron chi connectivity index (χ1n) is 9.94. The Bertz CT molecular complexity index is 1120. The third kappa shape index (κ3) is 7.29. The monoisotopic (exact) mass is 465 g/mol. The number of benzene rings is 1. The summed E-state index contributed by atoms with van der Waals surface area (Å²) in [6.45, 7) is 4.64. The predicted octanol–water partition coefficient (Wildman–Crippen LogP) is 1.08. The summed E-state index contributed by atoms with van der Waals surface area (Å²) in [5, 5.41) is 18.4. The maximum Gasteiger partial charge on any atom is 0.349 e. The van der Waals surface area contributed by atoms with E-state index in [0.717, 1.165) is 32.9 Å². The molecule has 2 aromatic rings. The second-order valence-corrected chi connectivity index (χ2v) is 8.99. The SMILES string of the molecule is CC(=O)O.Cc1cc(C2CCCNC2)oc(=O)c1C(=O)NCc1ccc(S(N)(=O)=O)cc1. The Morgan fingerprint density at radius 3 is 2.41 bits per heavy atom. The largest absolute Gasteiger partial charge is 0.481 e. The van der Waals surface area contributed by atoms with Gasteiger partial charge in [0.1, 0.15) is 11.3 Å². The molecule has 1 saturated heterocycles. The molecule has 5 N–H and O–H groups in total. The van der Waals surface area contributed by atoms with Gasteiger partial charge in [0.15, 0.2) is 0 Å². The number of carbonyl (C=O) groups is 2. The normalized spacial score (nSPS) is 15.9. The van der Waals surface area contributed by atoms with Crippen molar-refractivity contribution in [1.29, 1.82) is 0 Å². The Kier molecular flexibility index (Phi) is 8.70. The number of rotatable bonds is 5. The van der Waals surface area contributed by atoms with Crippen LogP contribution in [0.15, 0.2) is 44.4 Å². The summed E-state index contributed by atoms with van der Waals surface area (Å²) in [4.78, 5) is 33.8. The molecule has 1 amide bonds. The standard InChI is InChI=1S/C19H23N3O5S.C2H4O2/c1-12-9-16(14-3-2-8-21-11-14)27-19(24)17(12)18(23)22-10-13-4-6-15(7-5-13)28(20,25)26;1-2(3)4/h4-7,9,14,21H,2-3,8,10-11H2,1H3,(H,22,23)(H2,20,25,26);1H3,(H,3,4). The van der Waals surface area contributed by atoms with Crippen LogP contribution in [-0.2, 0) is 21.4 Å². The van der Waals surface area contributed by atoms with Gasteiger partial charge in [0.05, 0.1) is 4.90 Å². The van der Waals surface area contributed by atoms with E-state index in [9.17, 15) is 18.0 Å². The minimum atomic E-state index is -3.76. The van der Waals surface area contributed by atoms with E-state index in [0.29, 0.717) is 16.9 Å². The number of sulfonamides is 1. The van der Waals surface area contributed by atoms with Crippen LogP contribution in [0.5, 0.6) is 0 Å². The van der Waals surface area contributed by atoms with E-state index in [4.69, 9.17) is 19.5 Å². The molecule has 0 radical (unpaired) electrons. The highest BCUT2D eigenvalue weighted by molar-refractivity contribution is 7.89. The van der Waals surface area contributed by atoms with E-state index in [1.165, 1.54) is 12.1 Å². The average molecular weight is 466 g/mol. The molecule has 3 rings (SSSR count). The third-order valence-corrected chi connectivity index (χ3v) is 5.73. The molecular weight excluding hydrogens is 438 g/mol. The van der Waals surface area contributed by atoms with Crippen molar-refractivity contribution in [3.8, 4) is 0 Å². The van der Waals surface area contributed by atoms with Gasteiger partial charge in [0.25, 0.3) is 11.9 Å². The number of nitrogens with one attached hydrogen (secondary N) is 2. The molecule has 10 nitrogen and oxygen atoms in total. The number of aliphatic carboxylic acids is 1. The molecule has 0 aliphatic carbocycles. The highest BCUT2D eigenvalue weighted by Crippen LogP contribution is 2.23. The number of amides is 1. The molecule has 1 aromatic carbocycles. The van der Waals surface area contributed by atoms with Crippen molar-refractivity contribution < 1.29 is 27.5 Å². The highest BCUT2D eigenvalue weighted by Gasteiger charge is 2.22. The van der Waals surface area contributed by atoms with E-state index in [2.05, 4.69) is 10.6 Å². The average Bonchev–Trinajstić information content (AvgIpc) is 2.71. The first kappa shape index (κ1) is 25.2. The van der Waals surface area contributed by atoms with E-state index < -0.39 is 27.5 Å². The molecule has 1 aliphatic heterocycles. The van der Waals surface area contributed by atoms with Crippen LogP contribution in [0.1, 0.15) is 52.9 Å². The van der Waals surface area contributed by atoms with Crippen molar-refractivity contribution in [2.45, 2.75) is 44.0 Å². The van der Waals surface area contributed by atoms with Gasteiger partial charge in [-0.05, 0) is 55.6 Å². The van der Waals surface area contributed by atoms with Gasteiger partial charge in [-0.3, -0.25) is 9.59 Å². The fourth-order valence-electron chi connectivity index (χ4n) is 3.27. The predicted molar refractivity (Wildman–Crippen MR) is 117 cm³/mol. The summed E-state index contributed by atoms with van der Waals surface area (Å²) in [7, 11) is -3.76. The van der Waals surface area contributed by atoms with Crippen LogP contribution in [0, 0.1) is 6.92 Å². The van der Waals surface area contributed by atoms with E-state index in [1.807, 2.05) is 0 Å². The lowest BCUT2D eigenvalue weighted by Gasteiger charge is -2.22. The minimum Gasteiger partial charge on any atom is -0.481 e. The van der Waals surface area contributed by atoms with Crippen molar-refractivity contribution in [3.63, 3.8) is 0 Å². The Morgan fingerprint density at radius 2 is 1.91 bits per heavy atom. The lowest BCUT2D eigenvalue weighted by Crippen LogP contribution is -2.31. The smallest absolute Gasteiger partial charge is 0.349 e. The number of hydrogen-bond acceptors (Lipinski definition) is 7. The summed E-state index contributed by atoms with van der Waals surface area (Å²) in [6.07, 6.45) is 1.95. The molecule has 1 aliphatic rings. The fraction of sp³-hybridized carbons (Fsp3) is 0.381. The summed E-state index contributed by atoms with van der Waals surface area (Å²) in [6, 6.07) is 7.59. The Morgan fingerprint density at radius 1 is 1.28 bits per heavy atom. The van der Waals surface area contributed by atoms with Crippen molar-refractivity contribution in [2.75, 3.05) is 13.1 Å². The molecule has 0 spiro atoms. The summed E-state index contributed by atoms with van der Waals surface area (Å²) in [5.74, 6) is -0.630. The van der Waals surface area contributed by atoms with E-state index >= 15 is 0 Å². The Labute approximate surface area is 185 Å². The topological polar surface area (TPSA) is 169 Å². The molecule has 1 fully saturated rings. The van der Waals surface area contributed by atoms with Crippen LogP contribution >= 0.6 is 0 Å². The number of carbonyl (C=O) groups excluding carboxylic acids is 1. The number of carboxylic acids is 1. The van der Waals surface area contributed by atoms with Gasteiger partial charge < -0.3 is 20.2 Å². The quantitative estimate of drug-likeness (QED) is 0.508. The number of piperidine rings is 1. The lowest BCUT2D eigenvalue weighted by molar-refractivity contribution is -0.134. The van der Waals surface area contributed by atoms with E-state index in [-0.39, 0.29) is 22.9 Å². The summed E-state index contributed by atoms with van der Waals surface area (Å²) in [5.41, 5.74) is 0.572. The fourth-order valence-corrected chi connectivity index (χ4v) is 3.78.